The van der Waals surface area contributed by atoms with Crippen molar-refractivity contribution in [2.75, 3.05) is 0 Å². The lowest BCUT2D eigenvalue weighted by Crippen LogP contribution is -2.36. The van der Waals surface area contributed by atoms with E-state index in [1.165, 1.54) is 15.6 Å². The number of thiazole rings is 1. The molecule has 0 aliphatic heterocycles. The summed E-state index contributed by atoms with van der Waals surface area (Å²) in [6.07, 6.45) is 0. The van der Waals surface area contributed by atoms with E-state index in [4.69, 9.17) is 4.74 Å². The van der Waals surface area contributed by atoms with Crippen LogP contribution in [0.15, 0.2) is 58.8 Å². The van der Waals surface area contributed by atoms with Crippen LogP contribution in [-0.4, -0.2) is 23.7 Å². The molecule has 0 spiro atoms. The van der Waals surface area contributed by atoms with Gasteiger partial charge in [0, 0.05) is 11.4 Å². The number of sulfonamides is 1. The van der Waals surface area contributed by atoms with Gasteiger partial charge >= 0.3 is 0 Å². The number of nitrogens with zero attached hydrogens (tertiary/aromatic N) is 2. The summed E-state index contributed by atoms with van der Waals surface area (Å²) in [5.41, 5.74) is 2.91. The molecule has 0 amide bonds. The Kier molecular flexibility index (Phi) is 7.51. The maximum atomic E-state index is 13.2. The van der Waals surface area contributed by atoms with Crippen LogP contribution in [0.2, 0.25) is 0 Å². The SMILES string of the molecule is Cc1ccc(S(=O)(=O)N(Cc2csc(COc3ccccc3C(C)C)n2)C(C)C)cc1. The van der Waals surface area contributed by atoms with Crippen LogP contribution >= 0.6 is 11.3 Å². The van der Waals surface area contributed by atoms with E-state index in [1.807, 2.05) is 56.5 Å². The largest absolute Gasteiger partial charge is 0.486 e. The van der Waals surface area contributed by atoms with E-state index in [9.17, 15) is 8.42 Å². The third-order valence-corrected chi connectivity index (χ3v) is 7.92. The van der Waals surface area contributed by atoms with Gasteiger partial charge in [0.05, 0.1) is 17.1 Å². The Morgan fingerprint density at radius 3 is 2.35 bits per heavy atom. The van der Waals surface area contributed by atoms with Crippen LogP contribution in [0, 0.1) is 6.92 Å². The first kappa shape index (κ1) is 23.4. The summed E-state index contributed by atoms with van der Waals surface area (Å²) in [5, 5.41) is 2.73. The van der Waals surface area contributed by atoms with Gasteiger partial charge in [0.2, 0.25) is 10.0 Å². The van der Waals surface area contributed by atoms with Crippen molar-refractivity contribution in [1.29, 1.82) is 0 Å². The van der Waals surface area contributed by atoms with Gasteiger partial charge in [0.1, 0.15) is 17.4 Å². The van der Waals surface area contributed by atoms with Gasteiger partial charge in [-0.25, -0.2) is 13.4 Å². The molecule has 0 aliphatic carbocycles. The van der Waals surface area contributed by atoms with Gasteiger partial charge in [-0.3, -0.25) is 0 Å². The van der Waals surface area contributed by atoms with Gasteiger partial charge < -0.3 is 4.74 Å². The third-order valence-electron chi connectivity index (χ3n) is 5.01. The molecule has 0 atom stereocenters. The highest BCUT2D eigenvalue weighted by atomic mass is 32.2. The average Bonchev–Trinajstić information content (AvgIpc) is 3.18. The smallest absolute Gasteiger partial charge is 0.243 e. The van der Waals surface area contributed by atoms with E-state index in [1.54, 1.807) is 12.1 Å². The van der Waals surface area contributed by atoms with E-state index < -0.39 is 10.0 Å². The Hall–Kier alpha value is -2.22. The zero-order valence-corrected chi connectivity index (χ0v) is 20.3. The average molecular weight is 459 g/mol. The number of aryl methyl sites for hydroxylation is 1. The zero-order valence-electron chi connectivity index (χ0n) is 18.7. The molecule has 0 unspecified atom stereocenters. The van der Waals surface area contributed by atoms with E-state index >= 15 is 0 Å². The fourth-order valence-corrected chi connectivity index (χ4v) is 5.57. The lowest BCUT2D eigenvalue weighted by atomic mass is 10.0. The molecule has 0 N–H and O–H groups in total. The summed E-state index contributed by atoms with van der Waals surface area (Å²) in [7, 11) is -3.61. The van der Waals surface area contributed by atoms with Gasteiger partial charge in [0.15, 0.2) is 0 Å². The number of hydrogen-bond donors (Lipinski definition) is 0. The van der Waals surface area contributed by atoms with Gasteiger partial charge in [-0.05, 0) is 50.5 Å². The summed E-state index contributed by atoms with van der Waals surface area (Å²) in [6, 6.07) is 14.8. The van der Waals surface area contributed by atoms with Gasteiger partial charge in [-0.2, -0.15) is 4.31 Å². The molecular weight excluding hydrogens is 428 g/mol. The molecule has 1 aromatic heterocycles. The summed E-state index contributed by atoms with van der Waals surface area (Å²) in [5.74, 6) is 1.23. The third kappa shape index (κ3) is 5.73. The lowest BCUT2D eigenvalue weighted by molar-refractivity contribution is 0.300. The molecule has 3 rings (SSSR count). The molecule has 3 aromatic rings. The van der Waals surface area contributed by atoms with Crippen LogP contribution < -0.4 is 4.74 Å². The Morgan fingerprint density at radius 1 is 1.03 bits per heavy atom. The fraction of sp³-hybridized carbons (Fsp3) is 0.375. The minimum atomic E-state index is -3.61. The van der Waals surface area contributed by atoms with Crippen molar-refractivity contribution in [2.24, 2.45) is 0 Å². The highest BCUT2D eigenvalue weighted by Gasteiger charge is 2.28. The molecule has 7 heteroatoms. The van der Waals surface area contributed by atoms with Crippen LogP contribution in [0.4, 0.5) is 0 Å². The molecule has 0 bridgehead atoms. The van der Waals surface area contributed by atoms with Crippen molar-refractivity contribution >= 4 is 21.4 Å². The fourth-order valence-electron chi connectivity index (χ4n) is 3.27. The van der Waals surface area contributed by atoms with Crippen molar-refractivity contribution in [3.63, 3.8) is 0 Å². The van der Waals surface area contributed by atoms with Crippen LogP contribution in [0.1, 0.15) is 55.4 Å². The number of benzene rings is 2. The van der Waals surface area contributed by atoms with E-state index in [2.05, 4.69) is 24.9 Å². The van der Waals surface area contributed by atoms with Crippen molar-refractivity contribution in [3.05, 3.63) is 75.7 Å². The molecule has 166 valence electrons. The van der Waals surface area contributed by atoms with Gasteiger partial charge in [0.25, 0.3) is 0 Å². The molecular formula is C24H30N2O3S2. The summed E-state index contributed by atoms with van der Waals surface area (Å²) in [4.78, 5) is 4.93. The van der Waals surface area contributed by atoms with E-state index in [0.29, 0.717) is 17.4 Å². The predicted octanol–water partition coefficient (Wildman–Crippen LogP) is 5.75. The van der Waals surface area contributed by atoms with Crippen molar-refractivity contribution in [3.8, 4) is 5.75 Å². The number of ether oxygens (including phenoxy) is 1. The van der Waals surface area contributed by atoms with Gasteiger partial charge in [-0.1, -0.05) is 49.7 Å². The minimum absolute atomic E-state index is 0.189. The highest BCUT2D eigenvalue weighted by molar-refractivity contribution is 7.89. The molecule has 0 radical (unpaired) electrons. The monoisotopic (exact) mass is 458 g/mol. The topological polar surface area (TPSA) is 59.5 Å². The second kappa shape index (κ2) is 9.94. The van der Waals surface area contributed by atoms with Crippen molar-refractivity contribution in [1.82, 2.24) is 9.29 Å². The standard InChI is InChI=1S/C24H30N2O3S2/c1-17(2)22-8-6-7-9-23(22)29-15-24-25-20(16-30-24)14-26(18(3)4)31(27,28)21-12-10-19(5)11-13-21/h6-13,16-18H,14-15H2,1-5H3. The molecule has 0 saturated heterocycles. The van der Waals surface area contributed by atoms with Crippen LogP contribution in [0.5, 0.6) is 5.75 Å². The molecule has 5 nitrogen and oxygen atoms in total. The Balaban J connectivity index is 1.73. The molecule has 0 saturated carbocycles. The number of aromatic nitrogens is 1. The number of rotatable bonds is 9. The Bertz CT molecular complexity index is 1100. The van der Waals surface area contributed by atoms with Crippen molar-refractivity contribution < 1.29 is 13.2 Å². The van der Waals surface area contributed by atoms with Crippen molar-refractivity contribution in [2.45, 2.75) is 64.6 Å². The van der Waals surface area contributed by atoms with Crippen LogP contribution in [0.25, 0.3) is 0 Å². The predicted molar refractivity (Wildman–Crippen MR) is 126 cm³/mol. The minimum Gasteiger partial charge on any atom is -0.486 e. The first-order chi connectivity index (χ1) is 14.7. The zero-order chi connectivity index (χ0) is 22.6. The summed E-state index contributed by atoms with van der Waals surface area (Å²) < 4.78 is 33.9. The molecule has 31 heavy (non-hydrogen) atoms. The molecule has 0 aliphatic rings. The normalized spacial score (nSPS) is 12.1. The van der Waals surface area contributed by atoms with Gasteiger partial charge in [-0.15, -0.1) is 11.3 Å². The second-order valence-electron chi connectivity index (χ2n) is 8.17. The van der Waals surface area contributed by atoms with Crippen LogP contribution in [-0.2, 0) is 23.2 Å². The van der Waals surface area contributed by atoms with Crippen LogP contribution in [0.3, 0.4) is 0 Å². The first-order valence-corrected chi connectivity index (χ1v) is 12.7. The number of para-hydroxylation sites is 1. The second-order valence-corrected chi connectivity index (χ2v) is 11.0. The Morgan fingerprint density at radius 2 is 1.71 bits per heavy atom. The molecule has 1 heterocycles. The highest BCUT2D eigenvalue weighted by Crippen LogP contribution is 2.27. The maximum absolute atomic E-state index is 13.2. The maximum Gasteiger partial charge on any atom is 0.243 e. The summed E-state index contributed by atoms with van der Waals surface area (Å²) in [6.45, 7) is 10.6. The van der Waals surface area contributed by atoms with E-state index in [0.717, 1.165) is 27.6 Å². The molecule has 0 fully saturated rings. The first-order valence-electron chi connectivity index (χ1n) is 10.4. The summed E-state index contributed by atoms with van der Waals surface area (Å²) >= 11 is 1.49. The Labute approximate surface area is 189 Å². The number of hydrogen-bond acceptors (Lipinski definition) is 5. The van der Waals surface area contributed by atoms with E-state index in [-0.39, 0.29) is 12.6 Å². The molecule has 2 aromatic carbocycles. The quantitative estimate of drug-likeness (QED) is 0.409. The lowest BCUT2D eigenvalue weighted by Gasteiger charge is -2.25.